The van der Waals surface area contributed by atoms with Gasteiger partial charge in [-0.2, -0.15) is 10.2 Å². The molecule has 1 unspecified atom stereocenters. The van der Waals surface area contributed by atoms with Crippen LogP contribution < -0.4 is 0 Å². The van der Waals surface area contributed by atoms with E-state index in [0.717, 1.165) is 29.8 Å². The number of nitrogens with one attached hydrogen (secondary N) is 1. The number of nitrogens with zero attached hydrogens (tertiary/aromatic N) is 5. The van der Waals surface area contributed by atoms with E-state index in [0.29, 0.717) is 13.1 Å². The normalized spacial score (nSPS) is 14.2. The summed E-state index contributed by atoms with van der Waals surface area (Å²) in [4.78, 5) is 27.0. The van der Waals surface area contributed by atoms with E-state index in [1.165, 1.54) is 11.9 Å². The van der Waals surface area contributed by atoms with Crippen LogP contribution in [0.15, 0.2) is 43.0 Å². The molecule has 0 fully saturated rings. The van der Waals surface area contributed by atoms with Crippen LogP contribution in [0.25, 0.3) is 11.3 Å². The van der Waals surface area contributed by atoms with Crippen LogP contribution in [-0.2, 0) is 22.4 Å². The first-order valence-electron chi connectivity index (χ1n) is 8.98. The highest BCUT2D eigenvalue weighted by Crippen LogP contribution is 2.27. The maximum absolute atomic E-state index is 12.8. The molecular weight excluding hydrogens is 360 g/mol. The summed E-state index contributed by atoms with van der Waals surface area (Å²) in [5, 5.41) is 18.6. The van der Waals surface area contributed by atoms with Crippen molar-refractivity contribution in [2.24, 2.45) is 0 Å². The number of hydrogen-bond acceptors (Lipinski definition) is 5. The van der Waals surface area contributed by atoms with Crippen molar-refractivity contribution in [3.63, 3.8) is 0 Å². The summed E-state index contributed by atoms with van der Waals surface area (Å²) in [5.74, 6) is 0.0740. The van der Waals surface area contributed by atoms with Gasteiger partial charge < -0.3 is 10.0 Å². The van der Waals surface area contributed by atoms with Crippen LogP contribution >= 0.6 is 0 Å². The Bertz CT molecular complexity index is 907. The van der Waals surface area contributed by atoms with Crippen molar-refractivity contribution in [2.45, 2.75) is 25.8 Å². The number of aromatic amines is 1. The highest BCUT2D eigenvalue weighted by Gasteiger charge is 2.26. The summed E-state index contributed by atoms with van der Waals surface area (Å²) in [6, 6.07) is 9.83. The number of carbonyl (C=O) groups is 2. The van der Waals surface area contributed by atoms with Crippen LogP contribution in [0, 0.1) is 0 Å². The Morgan fingerprint density at radius 2 is 1.96 bits per heavy atom. The molecule has 0 bridgehead atoms. The van der Waals surface area contributed by atoms with Gasteiger partial charge in [0.05, 0.1) is 5.69 Å². The van der Waals surface area contributed by atoms with Gasteiger partial charge in [0, 0.05) is 36.3 Å². The molecule has 0 saturated carbocycles. The summed E-state index contributed by atoms with van der Waals surface area (Å²) in [5.41, 5.74) is 4.45. The van der Waals surface area contributed by atoms with Crippen LogP contribution in [0.1, 0.15) is 24.2 Å². The standard InChI is InChI=1S/C18H20N6O.CH2O2/c1-13(24-12-19-11-20-24)18(25)23-9-7-15-16(8-10-23)21-22-17(15)14-5-3-2-4-6-14;2-1-3/h2-6,11-13H,7-10H2,1H3,(H,21,22);1H,(H,2,3). The molecule has 9 heteroatoms. The lowest BCUT2D eigenvalue weighted by Crippen LogP contribution is -2.38. The first-order chi connectivity index (χ1) is 13.7. The van der Waals surface area contributed by atoms with E-state index in [-0.39, 0.29) is 18.4 Å². The summed E-state index contributed by atoms with van der Waals surface area (Å²) in [6.45, 7) is 2.98. The molecule has 1 aromatic carbocycles. The Labute approximate surface area is 162 Å². The van der Waals surface area contributed by atoms with E-state index < -0.39 is 0 Å². The lowest BCUT2D eigenvalue weighted by molar-refractivity contribution is -0.134. The third-order valence-electron chi connectivity index (χ3n) is 4.77. The van der Waals surface area contributed by atoms with Gasteiger partial charge >= 0.3 is 0 Å². The van der Waals surface area contributed by atoms with Crippen LogP contribution in [0.5, 0.6) is 0 Å². The van der Waals surface area contributed by atoms with Gasteiger partial charge in [0.1, 0.15) is 18.7 Å². The molecule has 28 heavy (non-hydrogen) atoms. The van der Waals surface area contributed by atoms with Crippen molar-refractivity contribution in [3.05, 3.63) is 54.2 Å². The number of rotatable bonds is 3. The van der Waals surface area contributed by atoms with Crippen LogP contribution in [0.2, 0.25) is 0 Å². The van der Waals surface area contributed by atoms with Gasteiger partial charge in [-0.25, -0.2) is 9.67 Å². The molecule has 0 radical (unpaired) electrons. The van der Waals surface area contributed by atoms with E-state index in [4.69, 9.17) is 9.90 Å². The van der Waals surface area contributed by atoms with E-state index >= 15 is 0 Å². The summed E-state index contributed by atoms with van der Waals surface area (Å²) in [6.07, 6.45) is 4.62. The maximum Gasteiger partial charge on any atom is 0.290 e. The largest absolute Gasteiger partial charge is 0.483 e. The SMILES string of the molecule is CC(C(=O)N1CCc2[nH]nc(-c3ccccc3)c2CC1)n1cncn1.O=CO. The van der Waals surface area contributed by atoms with Crippen LogP contribution in [0.3, 0.4) is 0 Å². The molecule has 0 spiro atoms. The highest BCUT2D eigenvalue weighted by atomic mass is 16.3. The summed E-state index contributed by atoms with van der Waals surface area (Å²) < 4.78 is 1.60. The molecule has 1 aliphatic rings. The highest BCUT2D eigenvalue weighted by molar-refractivity contribution is 5.80. The smallest absolute Gasteiger partial charge is 0.290 e. The zero-order chi connectivity index (χ0) is 19.9. The topological polar surface area (TPSA) is 117 Å². The Kier molecular flexibility index (Phi) is 6.15. The van der Waals surface area contributed by atoms with Crippen molar-refractivity contribution in [3.8, 4) is 11.3 Å². The minimum Gasteiger partial charge on any atom is -0.483 e. The molecule has 3 heterocycles. The van der Waals surface area contributed by atoms with Gasteiger partial charge in [-0.3, -0.25) is 14.7 Å². The van der Waals surface area contributed by atoms with E-state index in [1.807, 2.05) is 30.0 Å². The van der Waals surface area contributed by atoms with Gasteiger partial charge in [-0.15, -0.1) is 0 Å². The maximum atomic E-state index is 12.8. The van der Waals surface area contributed by atoms with Crippen molar-refractivity contribution in [1.29, 1.82) is 0 Å². The Morgan fingerprint density at radius 1 is 1.25 bits per heavy atom. The Morgan fingerprint density at radius 3 is 2.64 bits per heavy atom. The molecule has 1 amide bonds. The third kappa shape index (κ3) is 4.08. The monoisotopic (exact) mass is 382 g/mol. The molecule has 3 aromatic rings. The van der Waals surface area contributed by atoms with Crippen molar-refractivity contribution in [1.82, 2.24) is 29.9 Å². The Balaban J connectivity index is 0.000000706. The number of benzene rings is 1. The molecule has 1 aliphatic heterocycles. The van der Waals surface area contributed by atoms with Crippen molar-refractivity contribution >= 4 is 12.4 Å². The molecule has 0 saturated heterocycles. The molecule has 4 rings (SSSR count). The van der Waals surface area contributed by atoms with Gasteiger partial charge in [0.25, 0.3) is 6.47 Å². The quantitative estimate of drug-likeness (QED) is 0.664. The predicted molar refractivity (Wildman–Crippen MR) is 101 cm³/mol. The van der Waals surface area contributed by atoms with Crippen molar-refractivity contribution < 1.29 is 14.7 Å². The summed E-state index contributed by atoms with van der Waals surface area (Å²) in [7, 11) is 0. The number of carbonyl (C=O) groups excluding carboxylic acids is 1. The van der Waals surface area contributed by atoms with E-state index in [9.17, 15) is 4.79 Å². The number of amides is 1. The average Bonchev–Trinajstić information content (AvgIpc) is 3.35. The van der Waals surface area contributed by atoms with Gasteiger partial charge in [-0.05, 0) is 13.3 Å². The molecule has 1 atom stereocenters. The van der Waals surface area contributed by atoms with E-state index in [2.05, 4.69) is 32.4 Å². The van der Waals surface area contributed by atoms with Crippen molar-refractivity contribution in [2.75, 3.05) is 13.1 Å². The fraction of sp³-hybridized carbons (Fsp3) is 0.316. The minimum atomic E-state index is -0.342. The zero-order valence-electron chi connectivity index (χ0n) is 15.5. The van der Waals surface area contributed by atoms with Gasteiger partial charge in [-0.1, -0.05) is 30.3 Å². The lowest BCUT2D eigenvalue weighted by atomic mass is 10.0. The lowest BCUT2D eigenvalue weighted by Gasteiger charge is -2.24. The molecule has 2 N–H and O–H groups in total. The Hall–Kier alpha value is -3.49. The number of aromatic nitrogens is 5. The number of fused-ring (bicyclic) bond motifs is 1. The van der Waals surface area contributed by atoms with Gasteiger partial charge in [0.15, 0.2) is 0 Å². The molecule has 146 valence electrons. The fourth-order valence-electron chi connectivity index (χ4n) is 3.33. The summed E-state index contributed by atoms with van der Waals surface area (Å²) >= 11 is 0. The second-order valence-corrected chi connectivity index (χ2v) is 6.38. The first kappa shape index (κ1) is 19.3. The van der Waals surface area contributed by atoms with Gasteiger partial charge in [0.2, 0.25) is 5.91 Å². The fourth-order valence-corrected chi connectivity index (χ4v) is 3.33. The molecule has 9 nitrogen and oxygen atoms in total. The molecule has 0 aliphatic carbocycles. The van der Waals surface area contributed by atoms with E-state index in [1.54, 1.807) is 11.0 Å². The second kappa shape index (κ2) is 8.94. The average molecular weight is 382 g/mol. The minimum absolute atomic E-state index is 0.0740. The number of H-pyrrole nitrogens is 1. The first-order valence-corrected chi connectivity index (χ1v) is 8.98. The third-order valence-corrected chi connectivity index (χ3v) is 4.77. The van der Waals surface area contributed by atoms with Crippen LogP contribution in [0.4, 0.5) is 0 Å². The molecule has 2 aromatic heterocycles. The zero-order valence-corrected chi connectivity index (χ0v) is 15.5. The number of carboxylic acid groups (broad SMARTS) is 1. The van der Waals surface area contributed by atoms with Crippen LogP contribution in [-0.4, -0.2) is 60.4 Å². The predicted octanol–water partition coefficient (Wildman–Crippen LogP) is 1.56. The second-order valence-electron chi connectivity index (χ2n) is 6.38. The number of hydrogen-bond donors (Lipinski definition) is 2. The molecular formula is C19H22N6O3.